The van der Waals surface area contributed by atoms with Crippen molar-refractivity contribution in [3.63, 3.8) is 0 Å². The topological polar surface area (TPSA) is 116 Å². The van der Waals surface area contributed by atoms with E-state index in [-0.39, 0.29) is 28.8 Å². The molecule has 4 N–H and O–H groups in total. The molecule has 2 atom stereocenters. The molecule has 1 saturated heterocycles. The highest BCUT2D eigenvalue weighted by Gasteiger charge is 2.42. The van der Waals surface area contributed by atoms with Crippen molar-refractivity contribution >= 4 is 18.1 Å². The monoisotopic (exact) mass is 307 g/mol. The van der Waals surface area contributed by atoms with Crippen LogP contribution in [-0.2, 0) is 11.3 Å². The van der Waals surface area contributed by atoms with E-state index in [1.807, 2.05) is 6.92 Å². The van der Waals surface area contributed by atoms with Crippen LogP contribution in [-0.4, -0.2) is 51.2 Å². The Morgan fingerprint density at radius 2 is 2.32 bits per heavy atom. The molecular formula is C14H17N3O5+2. The maximum atomic E-state index is 12.2. The molecule has 0 saturated carbocycles. The molecule has 0 radical (unpaired) electrons. The van der Waals surface area contributed by atoms with Crippen LogP contribution in [0.4, 0.5) is 0 Å². The van der Waals surface area contributed by atoms with Crippen LogP contribution < -0.4 is 11.2 Å². The smallest absolute Gasteiger partial charge is 0.388 e. The summed E-state index contributed by atoms with van der Waals surface area (Å²) in [5.41, 5.74) is 2.24. The van der Waals surface area contributed by atoms with Crippen molar-refractivity contribution in [2.45, 2.75) is 32.2 Å². The first-order valence-electron chi connectivity index (χ1n) is 7.00. The first-order chi connectivity index (χ1) is 10.5. The molecule has 0 bridgehead atoms. The minimum atomic E-state index is -0.711. The Balaban J connectivity index is 2.32. The Kier molecular flexibility index (Phi) is 3.42. The fourth-order valence-corrected chi connectivity index (χ4v) is 3.04. The van der Waals surface area contributed by atoms with Gasteiger partial charge < -0.3 is 14.4 Å². The zero-order valence-corrected chi connectivity index (χ0v) is 12.1. The highest BCUT2D eigenvalue weighted by molar-refractivity contribution is 5.98. The molecule has 8 heteroatoms. The number of hydrogen-bond donors (Lipinski definition) is 2. The molecule has 8 nitrogen and oxygen atoms in total. The number of aldehydes is 1. The summed E-state index contributed by atoms with van der Waals surface area (Å²) in [6, 6.07) is 0.0243. The lowest BCUT2D eigenvalue weighted by Crippen LogP contribution is -2.59. The van der Waals surface area contributed by atoms with Gasteiger partial charge >= 0.3 is 11.8 Å². The second-order valence-electron chi connectivity index (χ2n) is 5.52. The number of aliphatic hydroxyl groups is 1. The number of nitrogens with zero attached hydrogens (tertiary/aromatic N) is 2. The lowest BCUT2D eigenvalue weighted by atomic mass is 10.1. The van der Waals surface area contributed by atoms with Gasteiger partial charge in [0.25, 0.3) is 6.23 Å². The van der Waals surface area contributed by atoms with Gasteiger partial charge in [0.1, 0.15) is 12.1 Å². The molecule has 22 heavy (non-hydrogen) atoms. The molecule has 116 valence electrons. The van der Waals surface area contributed by atoms with Crippen molar-refractivity contribution in [2.75, 3.05) is 6.61 Å². The van der Waals surface area contributed by atoms with Crippen LogP contribution in [0.2, 0.25) is 0 Å². The molecule has 1 amide bonds. The predicted molar refractivity (Wildman–Crippen MR) is 74.1 cm³/mol. The summed E-state index contributed by atoms with van der Waals surface area (Å²) < 4.78 is 8.82. The van der Waals surface area contributed by atoms with Crippen molar-refractivity contribution in [1.82, 2.24) is 4.57 Å². The van der Waals surface area contributed by atoms with E-state index in [0.717, 1.165) is 6.42 Å². The normalized spacial score (nSPS) is 23.7. The van der Waals surface area contributed by atoms with Crippen molar-refractivity contribution in [3.8, 4) is 0 Å². The third-order valence-electron chi connectivity index (χ3n) is 4.18. The fraction of sp³-hybridized carbons (Fsp3) is 0.429. The van der Waals surface area contributed by atoms with Gasteiger partial charge in [0.05, 0.1) is 12.2 Å². The molecule has 1 aromatic rings. The van der Waals surface area contributed by atoms with Gasteiger partial charge in [-0.1, -0.05) is 0 Å². The first-order valence-corrected chi connectivity index (χ1v) is 7.00. The predicted octanol–water partition coefficient (Wildman–Crippen LogP) is -1.49. The lowest BCUT2D eigenvalue weighted by molar-refractivity contribution is -0.666. The van der Waals surface area contributed by atoms with Gasteiger partial charge in [0, 0.05) is 12.6 Å². The Morgan fingerprint density at radius 3 is 2.95 bits per heavy atom. The number of ether oxygens (including phenoxy) is 1. The molecule has 2 aliphatic heterocycles. The summed E-state index contributed by atoms with van der Waals surface area (Å²) >= 11 is 0. The number of amides is 1. The van der Waals surface area contributed by atoms with Crippen molar-refractivity contribution in [3.05, 3.63) is 33.2 Å². The van der Waals surface area contributed by atoms with Crippen LogP contribution in [0.3, 0.4) is 0 Å². The first kappa shape index (κ1) is 14.6. The average molecular weight is 307 g/mol. The van der Waals surface area contributed by atoms with Crippen LogP contribution in [0.15, 0.2) is 11.0 Å². The van der Waals surface area contributed by atoms with Crippen LogP contribution in [0.5, 0.6) is 0 Å². The number of fused-ring (bicyclic) bond motifs is 2. The zero-order valence-electron chi connectivity index (χ0n) is 12.1. The van der Waals surface area contributed by atoms with Gasteiger partial charge in [-0.15, -0.1) is 0 Å². The second-order valence-corrected chi connectivity index (χ2v) is 5.52. The fourth-order valence-electron chi connectivity index (χ4n) is 3.04. The number of pyridine rings is 1. The van der Waals surface area contributed by atoms with E-state index in [1.165, 1.54) is 10.8 Å². The number of carbonyl (C=O) groups excluding carboxylic acids is 2. The molecule has 1 fully saturated rings. The molecule has 0 spiro atoms. The summed E-state index contributed by atoms with van der Waals surface area (Å²) in [5, 5.41) is 10.5. The Morgan fingerprint density at radius 1 is 1.59 bits per heavy atom. The Hall–Kier alpha value is -2.32. The Bertz CT molecular complexity index is 764. The number of hydrogen-bond acceptors (Lipinski definition) is 4. The van der Waals surface area contributed by atoms with Crippen LogP contribution >= 0.6 is 0 Å². The molecule has 3 heterocycles. The molecule has 0 aliphatic carbocycles. The summed E-state index contributed by atoms with van der Waals surface area (Å²) in [6.45, 7) is 2.81. The van der Waals surface area contributed by atoms with Crippen molar-refractivity contribution in [2.24, 2.45) is 0 Å². The molecule has 2 aliphatic rings. The minimum Gasteiger partial charge on any atom is -0.459 e. The second kappa shape index (κ2) is 5.15. The zero-order chi connectivity index (χ0) is 16.0. The van der Waals surface area contributed by atoms with Crippen LogP contribution in [0.1, 0.15) is 39.8 Å². The average Bonchev–Trinajstić information content (AvgIpc) is 2.47. The highest BCUT2D eigenvalue weighted by Crippen LogP contribution is 2.21. The van der Waals surface area contributed by atoms with Gasteiger partial charge in [-0.25, -0.2) is 4.79 Å². The largest absolute Gasteiger partial charge is 0.459 e. The van der Waals surface area contributed by atoms with E-state index in [4.69, 9.17) is 4.74 Å². The third-order valence-corrected chi connectivity index (χ3v) is 4.18. The summed E-state index contributed by atoms with van der Waals surface area (Å²) in [7, 11) is 0. The number of rotatable bonds is 2. The van der Waals surface area contributed by atoms with Gasteiger partial charge in [-0.2, -0.15) is 4.58 Å². The van der Waals surface area contributed by atoms with E-state index >= 15 is 0 Å². The maximum absolute atomic E-state index is 12.2. The molecule has 3 rings (SSSR count). The van der Waals surface area contributed by atoms with Crippen LogP contribution in [0.25, 0.3) is 0 Å². The number of carbonyl (C=O) groups is 2. The van der Waals surface area contributed by atoms with Crippen LogP contribution in [0, 0.1) is 0 Å². The maximum Gasteiger partial charge on any atom is 0.388 e. The van der Waals surface area contributed by atoms with Crippen molar-refractivity contribution in [1.29, 1.82) is 0 Å². The molecule has 0 aromatic carbocycles. The third kappa shape index (κ3) is 1.99. The van der Waals surface area contributed by atoms with E-state index < -0.39 is 17.6 Å². The van der Waals surface area contributed by atoms with E-state index in [2.05, 4.69) is 5.73 Å². The quantitative estimate of drug-likeness (QED) is 0.510. The van der Waals surface area contributed by atoms with Gasteiger partial charge in [-0.05, 0) is 6.92 Å². The standard InChI is InChI=1S/C14H15N3O5/c1-7-2-3-22-10-5-16-4-8(13(15)20)12(19)9(6-18)11(16)14(21)17(7)10/h4,6-7,10H,2-3,5H2,1H3,(H2,15,20)/p+2/t7-,10+/m1/s1. The summed E-state index contributed by atoms with van der Waals surface area (Å²) in [6.07, 6.45) is 2.03. The number of quaternary nitrogens is 1. The molecule has 0 unspecified atom stereocenters. The SMILES string of the molecule is C[C@@H]1CCO[C@H]2Cn3cc(C([NH3+])=O)c(=O)c(C=O)c3C(O)=[N+]12. The van der Waals surface area contributed by atoms with Gasteiger partial charge in [0.2, 0.25) is 5.43 Å². The Labute approximate surface area is 125 Å². The summed E-state index contributed by atoms with van der Waals surface area (Å²) in [5.74, 6) is -0.839. The highest BCUT2D eigenvalue weighted by atomic mass is 16.5. The number of aliphatic hydroxyl groups excluding tert-OH is 1. The van der Waals surface area contributed by atoms with E-state index in [1.54, 1.807) is 4.58 Å². The van der Waals surface area contributed by atoms with Gasteiger partial charge in [0.15, 0.2) is 18.0 Å². The van der Waals surface area contributed by atoms with Gasteiger partial charge in [-0.3, -0.25) is 15.3 Å². The molecule has 1 aromatic heterocycles. The van der Waals surface area contributed by atoms with E-state index in [9.17, 15) is 19.5 Å². The minimum absolute atomic E-state index is 0.0243. The lowest BCUT2D eigenvalue weighted by Gasteiger charge is -2.31. The molecular weight excluding hydrogens is 290 g/mol. The van der Waals surface area contributed by atoms with E-state index in [0.29, 0.717) is 19.4 Å². The number of aromatic nitrogens is 1. The van der Waals surface area contributed by atoms with Crippen molar-refractivity contribution < 1.29 is 29.7 Å². The summed E-state index contributed by atoms with van der Waals surface area (Å²) in [4.78, 5) is 35.0.